The highest BCUT2D eigenvalue weighted by molar-refractivity contribution is 5.89. The summed E-state index contributed by atoms with van der Waals surface area (Å²) in [5.74, 6) is 0.0396. The summed E-state index contributed by atoms with van der Waals surface area (Å²) in [6.45, 7) is 10.8. The molecule has 0 bridgehead atoms. The number of hydrogen-bond acceptors (Lipinski definition) is 3. The zero-order chi connectivity index (χ0) is 14.1. The van der Waals surface area contributed by atoms with Crippen LogP contribution in [0.3, 0.4) is 0 Å². The molecule has 0 aliphatic heterocycles. The summed E-state index contributed by atoms with van der Waals surface area (Å²) < 4.78 is 5.65. The van der Waals surface area contributed by atoms with Gasteiger partial charge in [0, 0.05) is 31.5 Å². The average molecular weight is 256 g/mol. The molecule has 1 aliphatic carbocycles. The number of nitrogens with zero attached hydrogens (tertiary/aromatic N) is 1. The molecule has 3 atom stereocenters. The van der Waals surface area contributed by atoms with Gasteiger partial charge in [-0.25, -0.2) is 0 Å². The number of ether oxygens (including phenoxy) is 1. The molecule has 1 amide bonds. The van der Waals surface area contributed by atoms with Gasteiger partial charge in [0.15, 0.2) is 0 Å². The van der Waals surface area contributed by atoms with Crippen molar-refractivity contribution in [1.82, 2.24) is 4.90 Å². The van der Waals surface area contributed by atoms with Crippen LogP contribution < -0.4 is 5.73 Å². The molecule has 1 aliphatic rings. The Hall–Kier alpha value is -0.610. The highest BCUT2D eigenvalue weighted by atomic mass is 16.5. The Morgan fingerprint density at radius 2 is 2.06 bits per heavy atom. The van der Waals surface area contributed by atoms with Gasteiger partial charge in [0.25, 0.3) is 0 Å². The molecule has 4 heteroatoms. The first-order chi connectivity index (χ1) is 8.22. The van der Waals surface area contributed by atoms with Gasteiger partial charge >= 0.3 is 0 Å². The molecule has 1 rings (SSSR count). The molecule has 4 nitrogen and oxygen atoms in total. The number of hydrogen-bond donors (Lipinski definition) is 1. The van der Waals surface area contributed by atoms with E-state index in [0.29, 0.717) is 13.0 Å². The Balaban J connectivity index is 2.81. The van der Waals surface area contributed by atoms with Gasteiger partial charge in [-0.15, -0.1) is 0 Å². The van der Waals surface area contributed by atoms with E-state index in [1.165, 1.54) is 0 Å². The first-order valence-electron chi connectivity index (χ1n) is 6.90. The lowest BCUT2D eigenvalue weighted by Gasteiger charge is -2.58. The van der Waals surface area contributed by atoms with E-state index in [1.54, 1.807) is 4.90 Å². The number of nitrogens with two attached hydrogens (primary N) is 1. The Labute approximate surface area is 111 Å². The van der Waals surface area contributed by atoms with E-state index in [1.807, 2.05) is 34.7 Å². The van der Waals surface area contributed by atoms with Crippen LogP contribution in [0.25, 0.3) is 0 Å². The van der Waals surface area contributed by atoms with Gasteiger partial charge in [0.1, 0.15) is 5.54 Å². The average Bonchev–Trinajstić information content (AvgIpc) is 2.35. The first kappa shape index (κ1) is 15.4. The Morgan fingerprint density at radius 3 is 2.44 bits per heavy atom. The van der Waals surface area contributed by atoms with E-state index in [2.05, 4.69) is 6.92 Å². The quantitative estimate of drug-likeness (QED) is 0.815. The van der Waals surface area contributed by atoms with Crippen LogP contribution in [0, 0.1) is 5.41 Å². The van der Waals surface area contributed by atoms with Crippen LogP contribution in [0.4, 0.5) is 0 Å². The fourth-order valence-electron chi connectivity index (χ4n) is 2.59. The van der Waals surface area contributed by atoms with E-state index in [0.717, 1.165) is 6.42 Å². The number of carbonyl (C=O) groups excluding carboxylic acids is 1. The number of likely N-dealkylation sites (N-methyl/N-ethyl adjacent to an activating group) is 1. The number of amides is 1. The SMILES string of the molecule is CCOC1CC(N)(C(=O)N(C)C(C)CC)C1(C)C. The molecule has 0 radical (unpaired) electrons. The third kappa shape index (κ3) is 2.16. The summed E-state index contributed by atoms with van der Waals surface area (Å²) >= 11 is 0. The van der Waals surface area contributed by atoms with Crippen LogP contribution in [0.15, 0.2) is 0 Å². The van der Waals surface area contributed by atoms with E-state index in [4.69, 9.17) is 10.5 Å². The summed E-state index contributed by atoms with van der Waals surface area (Å²) in [7, 11) is 1.84. The molecule has 3 unspecified atom stereocenters. The van der Waals surface area contributed by atoms with Crippen molar-refractivity contribution in [3.05, 3.63) is 0 Å². The summed E-state index contributed by atoms with van der Waals surface area (Å²) in [5, 5.41) is 0. The molecule has 0 spiro atoms. The lowest BCUT2D eigenvalue weighted by Crippen LogP contribution is -2.76. The highest BCUT2D eigenvalue weighted by Crippen LogP contribution is 2.50. The Kier molecular flexibility index (Phi) is 4.44. The van der Waals surface area contributed by atoms with Gasteiger partial charge in [-0.3, -0.25) is 4.79 Å². The van der Waals surface area contributed by atoms with Crippen molar-refractivity contribution in [2.75, 3.05) is 13.7 Å². The normalized spacial score (nSPS) is 31.6. The minimum absolute atomic E-state index is 0.0396. The largest absolute Gasteiger partial charge is 0.378 e. The molecule has 2 N–H and O–H groups in total. The Morgan fingerprint density at radius 1 is 1.50 bits per heavy atom. The van der Waals surface area contributed by atoms with Crippen LogP contribution in [0.1, 0.15) is 47.5 Å². The van der Waals surface area contributed by atoms with Crippen molar-refractivity contribution < 1.29 is 9.53 Å². The van der Waals surface area contributed by atoms with E-state index in [-0.39, 0.29) is 23.5 Å². The monoisotopic (exact) mass is 256 g/mol. The molecule has 18 heavy (non-hydrogen) atoms. The predicted molar refractivity (Wildman–Crippen MR) is 73.3 cm³/mol. The Bertz CT molecular complexity index is 317. The lowest BCUT2D eigenvalue weighted by atomic mass is 9.54. The molecule has 1 fully saturated rings. The van der Waals surface area contributed by atoms with Crippen LogP contribution in [0.2, 0.25) is 0 Å². The maximum atomic E-state index is 12.6. The van der Waals surface area contributed by atoms with Gasteiger partial charge in [0.05, 0.1) is 6.10 Å². The van der Waals surface area contributed by atoms with Gasteiger partial charge in [-0.2, -0.15) is 0 Å². The minimum Gasteiger partial charge on any atom is -0.378 e. The van der Waals surface area contributed by atoms with Crippen LogP contribution >= 0.6 is 0 Å². The summed E-state index contributed by atoms with van der Waals surface area (Å²) in [6.07, 6.45) is 1.64. The zero-order valence-corrected chi connectivity index (χ0v) is 12.6. The highest BCUT2D eigenvalue weighted by Gasteiger charge is 2.63. The molecular weight excluding hydrogens is 228 g/mol. The van der Waals surface area contributed by atoms with Crippen LogP contribution in [-0.4, -0.2) is 42.1 Å². The van der Waals surface area contributed by atoms with Gasteiger partial charge in [0.2, 0.25) is 5.91 Å². The second-order valence-corrected chi connectivity index (χ2v) is 6.01. The zero-order valence-electron chi connectivity index (χ0n) is 12.6. The van der Waals surface area contributed by atoms with Crippen LogP contribution in [0.5, 0.6) is 0 Å². The van der Waals surface area contributed by atoms with E-state index in [9.17, 15) is 4.79 Å². The van der Waals surface area contributed by atoms with Crippen molar-refractivity contribution in [3.63, 3.8) is 0 Å². The van der Waals surface area contributed by atoms with E-state index < -0.39 is 5.54 Å². The standard InChI is InChI=1S/C14H28N2O2/c1-7-10(3)16(6)12(17)14(15)9-11(18-8-2)13(14,4)5/h10-11H,7-9,15H2,1-6H3. The smallest absolute Gasteiger partial charge is 0.243 e. The van der Waals surface area contributed by atoms with Crippen molar-refractivity contribution in [3.8, 4) is 0 Å². The second kappa shape index (κ2) is 5.17. The number of rotatable bonds is 5. The van der Waals surface area contributed by atoms with Gasteiger partial charge in [-0.05, 0) is 20.3 Å². The maximum Gasteiger partial charge on any atom is 0.243 e. The van der Waals surface area contributed by atoms with E-state index >= 15 is 0 Å². The fourth-order valence-corrected chi connectivity index (χ4v) is 2.59. The third-order valence-corrected chi connectivity index (χ3v) is 4.78. The molecule has 0 aromatic rings. The molecular formula is C14H28N2O2. The van der Waals surface area contributed by atoms with Crippen molar-refractivity contribution in [2.24, 2.45) is 11.1 Å². The molecule has 1 saturated carbocycles. The minimum atomic E-state index is -0.787. The summed E-state index contributed by atoms with van der Waals surface area (Å²) in [6, 6.07) is 0.222. The predicted octanol–water partition coefficient (Wildman–Crippen LogP) is 1.78. The molecule has 0 heterocycles. The van der Waals surface area contributed by atoms with Crippen molar-refractivity contribution in [1.29, 1.82) is 0 Å². The summed E-state index contributed by atoms with van der Waals surface area (Å²) in [5.41, 5.74) is 5.28. The second-order valence-electron chi connectivity index (χ2n) is 6.01. The van der Waals surface area contributed by atoms with Gasteiger partial charge < -0.3 is 15.4 Å². The third-order valence-electron chi connectivity index (χ3n) is 4.78. The molecule has 0 aromatic carbocycles. The summed E-state index contributed by atoms with van der Waals surface area (Å²) in [4.78, 5) is 14.3. The maximum absolute atomic E-state index is 12.6. The molecule has 0 aromatic heterocycles. The van der Waals surface area contributed by atoms with Crippen molar-refractivity contribution >= 4 is 5.91 Å². The van der Waals surface area contributed by atoms with Crippen LogP contribution in [-0.2, 0) is 9.53 Å². The topological polar surface area (TPSA) is 55.6 Å². The molecule has 0 saturated heterocycles. The first-order valence-corrected chi connectivity index (χ1v) is 6.90. The molecule has 106 valence electrons. The van der Waals surface area contributed by atoms with Gasteiger partial charge in [-0.1, -0.05) is 20.8 Å². The fraction of sp³-hybridized carbons (Fsp3) is 0.929. The van der Waals surface area contributed by atoms with Crippen molar-refractivity contribution in [2.45, 2.75) is 65.1 Å². The number of carbonyl (C=O) groups is 1. The lowest BCUT2D eigenvalue weighted by molar-refractivity contribution is -0.179.